The molecule has 1 saturated heterocycles. The van der Waals surface area contributed by atoms with Gasteiger partial charge in [0.1, 0.15) is 5.82 Å². The molecular formula is C23H34N4O. The number of carbonyl (C=O) groups excluding carboxylic acids is 1. The summed E-state index contributed by atoms with van der Waals surface area (Å²) in [6.45, 7) is 11.9. The molecule has 0 N–H and O–H groups in total. The van der Waals surface area contributed by atoms with E-state index in [2.05, 4.69) is 72.6 Å². The van der Waals surface area contributed by atoms with Gasteiger partial charge >= 0.3 is 0 Å². The van der Waals surface area contributed by atoms with Crippen molar-refractivity contribution in [1.82, 2.24) is 19.4 Å². The Morgan fingerprint density at radius 2 is 1.75 bits per heavy atom. The summed E-state index contributed by atoms with van der Waals surface area (Å²) < 4.78 is 2.28. The van der Waals surface area contributed by atoms with Gasteiger partial charge < -0.3 is 9.47 Å². The summed E-state index contributed by atoms with van der Waals surface area (Å²) >= 11 is 0. The third-order valence-electron chi connectivity index (χ3n) is 5.67. The highest BCUT2D eigenvalue weighted by Crippen LogP contribution is 2.23. The molecule has 152 valence electrons. The number of amides is 1. The molecule has 0 saturated carbocycles. The number of likely N-dealkylation sites (tertiary alicyclic amines) is 1. The smallest absolute Gasteiger partial charge is 0.237 e. The molecule has 1 aliphatic rings. The Hall–Kier alpha value is -2.14. The number of hydrogen-bond donors (Lipinski definition) is 0. The second kappa shape index (κ2) is 9.37. The van der Waals surface area contributed by atoms with Gasteiger partial charge in [0.25, 0.3) is 0 Å². The molecule has 28 heavy (non-hydrogen) atoms. The first kappa shape index (κ1) is 20.6. The van der Waals surface area contributed by atoms with Crippen molar-refractivity contribution in [1.29, 1.82) is 0 Å². The minimum absolute atomic E-state index is 0.252. The summed E-state index contributed by atoms with van der Waals surface area (Å²) in [5, 5.41) is 0. The summed E-state index contributed by atoms with van der Waals surface area (Å²) in [5.74, 6) is 1.93. The number of rotatable bonds is 7. The molecule has 0 bridgehead atoms. The number of carbonyl (C=O) groups is 1. The second-order valence-corrected chi connectivity index (χ2v) is 8.48. The van der Waals surface area contributed by atoms with Crippen LogP contribution in [0.15, 0.2) is 42.7 Å². The molecular weight excluding hydrogens is 348 g/mol. The van der Waals surface area contributed by atoms with Crippen molar-refractivity contribution in [3.8, 4) is 11.4 Å². The predicted molar refractivity (Wildman–Crippen MR) is 114 cm³/mol. The van der Waals surface area contributed by atoms with Crippen LogP contribution in [0.3, 0.4) is 0 Å². The summed E-state index contributed by atoms with van der Waals surface area (Å²) in [4.78, 5) is 21.6. The van der Waals surface area contributed by atoms with Gasteiger partial charge in [-0.1, -0.05) is 30.3 Å². The maximum atomic E-state index is 12.7. The first-order valence-corrected chi connectivity index (χ1v) is 10.6. The molecule has 2 heterocycles. The van der Waals surface area contributed by atoms with Crippen molar-refractivity contribution in [2.45, 2.75) is 59.2 Å². The number of benzene rings is 1. The highest BCUT2D eigenvalue weighted by Gasteiger charge is 2.26. The average molecular weight is 383 g/mol. The van der Waals surface area contributed by atoms with Crippen LogP contribution in [0.25, 0.3) is 11.4 Å². The third kappa shape index (κ3) is 5.02. The maximum absolute atomic E-state index is 12.7. The van der Waals surface area contributed by atoms with Crippen LogP contribution < -0.4 is 0 Å². The van der Waals surface area contributed by atoms with Crippen LogP contribution in [0.1, 0.15) is 40.5 Å². The molecule has 1 aromatic heterocycles. The first-order valence-electron chi connectivity index (χ1n) is 10.6. The van der Waals surface area contributed by atoms with E-state index in [1.807, 2.05) is 17.2 Å². The highest BCUT2D eigenvalue weighted by atomic mass is 16.2. The Kier molecular flexibility index (Phi) is 6.89. The van der Waals surface area contributed by atoms with Gasteiger partial charge in [-0.25, -0.2) is 4.98 Å². The van der Waals surface area contributed by atoms with E-state index in [4.69, 9.17) is 0 Å². The van der Waals surface area contributed by atoms with Crippen LogP contribution in [0, 0.1) is 5.92 Å². The lowest BCUT2D eigenvalue weighted by atomic mass is 9.96. The van der Waals surface area contributed by atoms with Gasteiger partial charge in [-0.2, -0.15) is 0 Å². The van der Waals surface area contributed by atoms with Crippen LogP contribution in [-0.2, 0) is 11.3 Å². The number of hydrogen-bond acceptors (Lipinski definition) is 3. The molecule has 0 unspecified atom stereocenters. The lowest BCUT2D eigenvalue weighted by Gasteiger charge is -2.36. The van der Waals surface area contributed by atoms with Crippen molar-refractivity contribution < 1.29 is 4.79 Å². The lowest BCUT2D eigenvalue weighted by molar-refractivity contribution is -0.136. The number of aromatic nitrogens is 2. The van der Waals surface area contributed by atoms with E-state index >= 15 is 0 Å². The molecule has 0 spiro atoms. The summed E-state index contributed by atoms with van der Waals surface area (Å²) in [6, 6.07) is 10.9. The Labute approximate surface area is 169 Å². The summed E-state index contributed by atoms with van der Waals surface area (Å²) in [7, 11) is 0. The molecule has 2 aromatic rings. The first-order chi connectivity index (χ1) is 13.5. The minimum Gasteiger partial charge on any atom is -0.337 e. The number of nitrogens with zero attached hydrogens (tertiary/aromatic N) is 4. The van der Waals surface area contributed by atoms with Crippen molar-refractivity contribution in [2.75, 3.05) is 19.6 Å². The van der Waals surface area contributed by atoms with Crippen molar-refractivity contribution in [3.05, 3.63) is 42.7 Å². The van der Waals surface area contributed by atoms with Gasteiger partial charge in [-0.15, -0.1) is 0 Å². The normalized spacial score (nSPS) is 16.1. The lowest BCUT2D eigenvalue weighted by Crippen LogP contribution is -2.48. The van der Waals surface area contributed by atoms with E-state index in [0.717, 1.165) is 43.9 Å². The van der Waals surface area contributed by atoms with Gasteiger partial charge in [0.05, 0.1) is 6.54 Å². The highest BCUT2D eigenvalue weighted by molar-refractivity contribution is 5.78. The van der Waals surface area contributed by atoms with E-state index in [-0.39, 0.29) is 18.0 Å². The van der Waals surface area contributed by atoms with E-state index in [0.29, 0.717) is 12.5 Å². The van der Waals surface area contributed by atoms with E-state index in [1.54, 1.807) is 0 Å². The van der Waals surface area contributed by atoms with Crippen molar-refractivity contribution in [3.63, 3.8) is 0 Å². The number of piperidine rings is 1. The fraction of sp³-hybridized carbons (Fsp3) is 0.565. The third-order valence-corrected chi connectivity index (χ3v) is 5.67. The second-order valence-electron chi connectivity index (χ2n) is 8.48. The van der Waals surface area contributed by atoms with Crippen LogP contribution in [0.5, 0.6) is 0 Å². The van der Waals surface area contributed by atoms with E-state index < -0.39 is 0 Å². The molecule has 3 rings (SSSR count). The fourth-order valence-corrected chi connectivity index (χ4v) is 4.35. The number of imidazole rings is 1. The molecule has 1 amide bonds. The molecule has 5 heteroatoms. The molecule has 5 nitrogen and oxygen atoms in total. The molecule has 0 aliphatic carbocycles. The zero-order valence-corrected chi connectivity index (χ0v) is 17.7. The maximum Gasteiger partial charge on any atom is 0.237 e. The zero-order chi connectivity index (χ0) is 20.1. The molecule has 1 aromatic carbocycles. The standard InChI is InChI=1S/C23H34N4O/c1-18(2)27(19(3)4)22(28)17-25-13-10-20(11-14-25)16-26-15-12-24-23(26)21-8-6-5-7-9-21/h5-9,12,15,18-20H,10-11,13-14,16-17H2,1-4H3. The Bertz CT molecular complexity index is 737. The van der Waals surface area contributed by atoms with E-state index in [1.165, 1.54) is 0 Å². The molecule has 0 radical (unpaired) electrons. The SMILES string of the molecule is CC(C)N(C(=O)CN1CCC(Cn2ccnc2-c2ccccc2)CC1)C(C)C. The Balaban J connectivity index is 1.53. The average Bonchev–Trinajstić information content (AvgIpc) is 3.11. The fourth-order valence-electron chi connectivity index (χ4n) is 4.35. The quantitative estimate of drug-likeness (QED) is 0.729. The predicted octanol–water partition coefficient (Wildman–Crippen LogP) is 3.91. The van der Waals surface area contributed by atoms with Crippen LogP contribution in [0.4, 0.5) is 0 Å². The monoisotopic (exact) mass is 382 g/mol. The topological polar surface area (TPSA) is 41.4 Å². The Morgan fingerprint density at radius 3 is 2.36 bits per heavy atom. The Morgan fingerprint density at radius 1 is 1.11 bits per heavy atom. The van der Waals surface area contributed by atoms with Crippen LogP contribution >= 0.6 is 0 Å². The van der Waals surface area contributed by atoms with Crippen molar-refractivity contribution >= 4 is 5.91 Å². The van der Waals surface area contributed by atoms with Crippen LogP contribution in [0.2, 0.25) is 0 Å². The summed E-state index contributed by atoms with van der Waals surface area (Å²) in [6.07, 6.45) is 6.23. The van der Waals surface area contributed by atoms with Gasteiger partial charge in [0, 0.05) is 36.6 Å². The minimum atomic E-state index is 0.252. The largest absolute Gasteiger partial charge is 0.337 e. The van der Waals surface area contributed by atoms with Gasteiger partial charge in [0.15, 0.2) is 0 Å². The van der Waals surface area contributed by atoms with Gasteiger partial charge in [-0.3, -0.25) is 9.69 Å². The molecule has 0 atom stereocenters. The zero-order valence-electron chi connectivity index (χ0n) is 17.7. The summed E-state index contributed by atoms with van der Waals surface area (Å²) in [5.41, 5.74) is 1.16. The van der Waals surface area contributed by atoms with Gasteiger partial charge in [-0.05, 0) is 59.5 Å². The van der Waals surface area contributed by atoms with Crippen LogP contribution in [-0.4, -0.2) is 57.0 Å². The van der Waals surface area contributed by atoms with E-state index in [9.17, 15) is 4.79 Å². The van der Waals surface area contributed by atoms with Crippen molar-refractivity contribution in [2.24, 2.45) is 5.92 Å². The van der Waals surface area contributed by atoms with Gasteiger partial charge in [0.2, 0.25) is 5.91 Å². The molecule has 1 aliphatic heterocycles. The molecule has 1 fully saturated rings.